The Morgan fingerprint density at radius 3 is 2.86 bits per heavy atom. The molecule has 1 fully saturated rings. The van der Waals surface area contributed by atoms with Crippen LogP contribution in [0.2, 0.25) is 0 Å². The highest BCUT2D eigenvalue weighted by Gasteiger charge is 2.29. The lowest BCUT2D eigenvalue weighted by atomic mass is 9.95. The van der Waals surface area contributed by atoms with Crippen molar-refractivity contribution < 1.29 is 14.3 Å². The van der Waals surface area contributed by atoms with Crippen LogP contribution in [-0.4, -0.2) is 56.4 Å². The third-order valence-electron chi connectivity index (χ3n) is 4.17. The molecule has 0 saturated carbocycles. The second kappa shape index (κ2) is 9.38. The lowest BCUT2D eigenvalue weighted by Crippen LogP contribution is -2.46. The smallest absolute Gasteiger partial charge is 0.325 e. The van der Waals surface area contributed by atoms with Crippen LogP contribution in [0.4, 0.5) is 0 Å². The normalized spacial score (nSPS) is 22.8. The Morgan fingerprint density at radius 2 is 2.19 bits per heavy atom. The van der Waals surface area contributed by atoms with Crippen LogP contribution in [0.25, 0.3) is 0 Å². The molecule has 2 atom stereocenters. The van der Waals surface area contributed by atoms with Gasteiger partial charge in [0.1, 0.15) is 5.54 Å². The molecule has 0 amide bonds. The summed E-state index contributed by atoms with van der Waals surface area (Å²) < 4.78 is 10.3. The van der Waals surface area contributed by atoms with Crippen molar-refractivity contribution in [1.29, 1.82) is 0 Å². The van der Waals surface area contributed by atoms with E-state index in [1.807, 2.05) is 0 Å². The zero-order valence-corrected chi connectivity index (χ0v) is 13.9. The molecule has 5 nitrogen and oxygen atoms in total. The topological polar surface area (TPSA) is 64.8 Å². The Labute approximate surface area is 129 Å². The van der Waals surface area contributed by atoms with Crippen LogP contribution in [0.3, 0.4) is 0 Å². The molecular weight excluding hydrogens is 268 g/mol. The number of rotatable bonds is 9. The van der Waals surface area contributed by atoms with Crippen LogP contribution < -0.4 is 5.73 Å². The van der Waals surface area contributed by atoms with Gasteiger partial charge in [-0.15, -0.1) is 0 Å². The van der Waals surface area contributed by atoms with Crippen LogP contribution in [0.5, 0.6) is 0 Å². The van der Waals surface area contributed by atoms with E-state index in [-0.39, 0.29) is 5.97 Å². The summed E-state index contributed by atoms with van der Waals surface area (Å²) >= 11 is 0. The number of unbranched alkanes of at least 4 members (excludes halogenated alkanes) is 1. The van der Waals surface area contributed by atoms with Gasteiger partial charge in [-0.25, -0.2) is 0 Å². The average molecular weight is 300 g/mol. The second-order valence-corrected chi connectivity index (χ2v) is 6.36. The van der Waals surface area contributed by atoms with Crippen molar-refractivity contribution >= 4 is 5.97 Å². The number of ether oxygens (including phenoxy) is 2. The van der Waals surface area contributed by atoms with Crippen molar-refractivity contribution in [2.75, 3.05) is 40.0 Å². The van der Waals surface area contributed by atoms with Crippen LogP contribution in [-0.2, 0) is 14.3 Å². The molecular formula is C16H32N2O3. The zero-order valence-electron chi connectivity index (χ0n) is 13.9. The van der Waals surface area contributed by atoms with Gasteiger partial charge in [0.25, 0.3) is 0 Å². The molecule has 124 valence electrons. The summed E-state index contributed by atoms with van der Waals surface area (Å²) in [5, 5.41) is 0. The summed E-state index contributed by atoms with van der Waals surface area (Å²) in [5.41, 5.74) is 5.17. The van der Waals surface area contributed by atoms with Gasteiger partial charge in [0, 0.05) is 13.7 Å². The fourth-order valence-corrected chi connectivity index (χ4v) is 2.95. The number of hydrogen-bond donors (Lipinski definition) is 1. The summed E-state index contributed by atoms with van der Waals surface area (Å²) in [6.07, 6.45) is 5.24. The molecule has 1 saturated heterocycles. The molecule has 0 spiro atoms. The number of piperidine rings is 1. The number of carbonyl (C=O) groups is 1. The number of nitrogens with zero attached hydrogens (tertiary/aromatic N) is 1. The van der Waals surface area contributed by atoms with E-state index >= 15 is 0 Å². The first-order valence-corrected chi connectivity index (χ1v) is 8.17. The van der Waals surface area contributed by atoms with Crippen LogP contribution in [0.15, 0.2) is 0 Å². The summed E-state index contributed by atoms with van der Waals surface area (Å²) in [6.45, 7) is 8.21. The van der Waals surface area contributed by atoms with Gasteiger partial charge in [0.15, 0.2) is 0 Å². The minimum Gasteiger partial charge on any atom is -0.465 e. The van der Waals surface area contributed by atoms with Crippen molar-refractivity contribution in [3.63, 3.8) is 0 Å². The molecule has 5 heteroatoms. The number of likely N-dealkylation sites (tertiary alicyclic amines) is 1. The minimum absolute atomic E-state index is 0.289. The molecule has 2 N–H and O–H groups in total. The van der Waals surface area contributed by atoms with Gasteiger partial charge in [-0.1, -0.05) is 0 Å². The molecule has 1 heterocycles. The molecule has 1 aliphatic heterocycles. The van der Waals surface area contributed by atoms with Crippen molar-refractivity contribution in [3.05, 3.63) is 0 Å². The zero-order chi connectivity index (χ0) is 15.7. The molecule has 1 rings (SSSR count). The summed E-state index contributed by atoms with van der Waals surface area (Å²) in [5.74, 6) is 0.381. The number of esters is 1. The molecule has 0 aromatic carbocycles. The number of carbonyl (C=O) groups excluding carboxylic acids is 1. The van der Waals surface area contributed by atoms with Gasteiger partial charge in [0.2, 0.25) is 0 Å². The Hall–Kier alpha value is -0.650. The maximum absolute atomic E-state index is 11.7. The fourth-order valence-electron chi connectivity index (χ4n) is 2.95. The average Bonchev–Trinajstić information content (AvgIpc) is 2.45. The van der Waals surface area contributed by atoms with Crippen molar-refractivity contribution in [2.24, 2.45) is 11.7 Å². The molecule has 0 aliphatic carbocycles. The predicted octanol–water partition coefficient (Wildman–Crippen LogP) is 1.80. The van der Waals surface area contributed by atoms with E-state index in [4.69, 9.17) is 15.2 Å². The highest BCUT2D eigenvalue weighted by atomic mass is 16.5. The highest BCUT2D eigenvalue weighted by molar-refractivity contribution is 5.79. The van der Waals surface area contributed by atoms with E-state index in [1.54, 1.807) is 21.0 Å². The Morgan fingerprint density at radius 1 is 1.43 bits per heavy atom. The third kappa shape index (κ3) is 6.76. The van der Waals surface area contributed by atoms with E-state index in [2.05, 4.69) is 4.90 Å². The maximum atomic E-state index is 11.7. The largest absolute Gasteiger partial charge is 0.465 e. The van der Waals surface area contributed by atoms with E-state index in [9.17, 15) is 4.79 Å². The minimum atomic E-state index is -0.851. The number of nitrogens with two attached hydrogens (primary N) is 1. The Bertz CT molecular complexity index is 306. The molecule has 2 unspecified atom stereocenters. The van der Waals surface area contributed by atoms with E-state index in [0.717, 1.165) is 32.5 Å². The van der Waals surface area contributed by atoms with Crippen molar-refractivity contribution in [1.82, 2.24) is 4.90 Å². The standard InChI is InChI=1S/C16H32N2O3/c1-4-21-15(19)16(2,17)9-5-6-10-18-11-7-8-14(12-18)13-20-3/h14H,4-13,17H2,1-3H3. The van der Waals surface area contributed by atoms with Gasteiger partial charge >= 0.3 is 5.97 Å². The summed E-state index contributed by atoms with van der Waals surface area (Å²) in [6, 6.07) is 0. The summed E-state index contributed by atoms with van der Waals surface area (Å²) in [4.78, 5) is 14.2. The van der Waals surface area contributed by atoms with Crippen LogP contribution >= 0.6 is 0 Å². The third-order valence-corrected chi connectivity index (χ3v) is 4.17. The first kappa shape index (κ1) is 18.4. The number of hydrogen-bond acceptors (Lipinski definition) is 5. The Balaban J connectivity index is 2.20. The lowest BCUT2D eigenvalue weighted by molar-refractivity contribution is -0.149. The first-order valence-electron chi connectivity index (χ1n) is 8.17. The van der Waals surface area contributed by atoms with Crippen LogP contribution in [0.1, 0.15) is 46.0 Å². The predicted molar refractivity (Wildman–Crippen MR) is 84.1 cm³/mol. The summed E-state index contributed by atoms with van der Waals surface area (Å²) in [7, 11) is 1.77. The van der Waals surface area contributed by atoms with Gasteiger partial charge in [-0.05, 0) is 65.0 Å². The van der Waals surface area contributed by atoms with Gasteiger partial charge < -0.3 is 20.1 Å². The Kier molecular flexibility index (Phi) is 8.22. The molecule has 0 radical (unpaired) electrons. The molecule has 0 bridgehead atoms. The lowest BCUT2D eigenvalue weighted by Gasteiger charge is -2.32. The first-order chi connectivity index (χ1) is 9.99. The van der Waals surface area contributed by atoms with Gasteiger partial charge in [-0.3, -0.25) is 4.79 Å². The van der Waals surface area contributed by atoms with Gasteiger partial charge in [0.05, 0.1) is 13.2 Å². The fraction of sp³-hybridized carbons (Fsp3) is 0.938. The molecule has 0 aromatic heterocycles. The maximum Gasteiger partial charge on any atom is 0.325 e. The van der Waals surface area contributed by atoms with Crippen LogP contribution in [0, 0.1) is 5.92 Å². The second-order valence-electron chi connectivity index (χ2n) is 6.36. The molecule has 0 aromatic rings. The SMILES string of the molecule is CCOC(=O)C(C)(N)CCCCN1CCCC(COC)C1. The number of methoxy groups -OCH3 is 1. The monoisotopic (exact) mass is 300 g/mol. The van der Waals surface area contributed by atoms with E-state index in [0.29, 0.717) is 18.9 Å². The highest BCUT2D eigenvalue weighted by Crippen LogP contribution is 2.18. The molecule has 1 aliphatic rings. The van der Waals surface area contributed by atoms with E-state index in [1.165, 1.54) is 19.4 Å². The quantitative estimate of drug-likeness (QED) is 0.519. The van der Waals surface area contributed by atoms with E-state index < -0.39 is 5.54 Å². The van der Waals surface area contributed by atoms with Gasteiger partial charge in [-0.2, -0.15) is 0 Å². The van der Waals surface area contributed by atoms with Crippen molar-refractivity contribution in [3.8, 4) is 0 Å². The van der Waals surface area contributed by atoms with Crippen molar-refractivity contribution in [2.45, 2.75) is 51.5 Å². The molecule has 21 heavy (non-hydrogen) atoms.